The van der Waals surface area contributed by atoms with Crippen molar-refractivity contribution in [3.05, 3.63) is 59.4 Å². The van der Waals surface area contributed by atoms with Gasteiger partial charge in [0.1, 0.15) is 12.4 Å². The number of hydrogen-bond acceptors (Lipinski definition) is 4. The zero-order valence-corrected chi connectivity index (χ0v) is 14.9. The lowest BCUT2D eigenvalue weighted by atomic mass is 10.2. The Morgan fingerprint density at radius 3 is 2.64 bits per heavy atom. The van der Waals surface area contributed by atoms with Crippen molar-refractivity contribution < 1.29 is 13.9 Å². The Bertz CT molecular complexity index is 736. The van der Waals surface area contributed by atoms with E-state index >= 15 is 0 Å². The van der Waals surface area contributed by atoms with Gasteiger partial charge in [0.25, 0.3) is 0 Å². The number of benzene rings is 2. The Morgan fingerprint density at radius 1 is 1.20 bits per heavy atom. The number of methoxy groups -OCH3 is 1. The number of nitrogens with one attached hydrogen (secondary N) is 2. The third-order valence-electron chi connectivity index (χ3n) is 3.21. The molecule has 0 bridgehead atoms. The van der Waals surface area contributed by atoms with Crippen molar-refractivity contribution in [2.24, 2.45) is 5.10 Å². The highest BCUT2D eigenvalue weighted by Gasteiger charge is 2.06. The molecule has 7 heteroatoms. The summed E-state index contributed by atoms with van der Waals surface area (Å²) in [4.78, 5) is 0. The van der Waals surface area contributed by atoms with Crippen LogP contribution in [-0.4, -0.2) is 25.0 Å². The number of hydrazone groups is 1. The predicted octanol–water partition coefficient (Wildman–Crippen LogP) is 3.23. The molecule has 0 fully saturated rings. The highest BCUT2D eigenvalue weighted by atomic mass is 32.1. The van der Waals surface area contributed by atoms with E-state index < -0.39 is 0 Å². The predicted molar refractivity (Wildman–Crippen MR) is 101 cm³/mol. The van der Waals surface area contributed by atoms with E-state index in [0.29, 0.717) is 23.2 Å². The Morgan fingerprint density at radius 2 is 1.96 bits per heavy atom. The normalized spacial score (nSPS) is 10.5. The molecule has 0 saturated heterocycles. The largest absolute Gasteiger partial charge is 0.493 e. The minimum Gasteiger partial charge on any atom is -0.493 e. The van der Waals surface area contributed by atoms with Crippen molar-refractivity contribution in [1.29, 1.82) is 0 Å². The molecule has 25 heavy (non-hydrogen) atoms. The first kappa shape index (κ1) is 18.7. The van der Waals surface area contributed by atoms with E-state index in [1.54, 1.807) is 31.5 Å². The second-order valence-electron chi connectivity index (χ2n) is 5.05. The first-order valence-electron chi connectivity index (χ1n) is 7.74. The van der Waals surface area contributed by atoms with Crippen LogP contribution in [0, 0.1) is 5.82 Å². The van der Waals surface area contributed by atoms with Crippen molar-refractivity contribution in [3.63, 3.8) is 0 Å². The van der Waals surface area contributed by atoms with Crippen molar-refractivity contribution in [2.45, 2.75) is 13.5 Å². The van der Waals surface area contributed by atoms with Crippen LogP contribution in [0.5, 0.6) is 11.5 Å². The average Bonchev–Trinajstić information content (AvgIpc) is 2.62. The Labute approximate surface area is 151 Å². The summed E-state index contributed by atoms with van der Waals surface area (Å²) in [5, 5.41) is 7.46. The minimum absolute atomic E-state index is 0.271. The molecule has 2 N–H and O–H groups in total. The molecule has 5 nitrogen and oxygen atoms in total. The lowest BCUT2D eigenvalue weighted by molar-refractivity contribution is 0.284. The molecule has 0 saturated carbocycles. The third-order valence-corrected chi connectivity index (χ3v) is 3.45. The lowest BCUT2D eigenvalue weighted by Gasteiger charge is -2.11. The summed E-state index contributed by atoms with van der Waals surface area (Å²) >= 11 is 5.02. The van der Waals surface area contributed by atoms with Gasteiger partial charge in [-0.1, -0.05) is 12.1 Å². The van der Waals surface area contributed by atoms with Crippen LogP contribution < -0.4 is 20.2 Å². The lowest BCUT2D eigenvalue weighted by Crippen LogP contribution is -2.31. The molecule has 2 aromatic rings. The smallest absolute Gasteiger partial charge is 0.186 e. The second-order valence-corrected chi connectivity index (χ2v) is 5.46. The van der Waals surface area contributed by atoms with Crippen LogP contribution >= 0.6 is 12.2 Å². The molecule has 2 aromatic carbocycles. The molecular formula is C18H20FN3O2S. The molecule has 0 spiro atoms. The molecular weight excluding hydrogens is 341 g/mol. The molecule has 0 amide bonds. The van der Waals surface area contributed by atoms with Gasteiger partial charge in [-0.2, -0.15) is 5.10 Å². The summed E-state index contributed by atoms with van der Waals surface area (Å²) < 4.78 is 24.0. The van der Waals surface area contributed by atoms with Gasteiger partial charge in [-0.3, -0.25) is 5.43 Å². The molecule has 0 aliphatic carbocycles. The number of halogens is 1. The fourth-order valence-corrected chi connectivity index (χ4v) is 2.19. The van der Waals surface area contributed by atoms with Gasteiger partial charge in [0.05, 0.1) is 13.3 Å². The highest BCUT2D eigenvalue weighted by Crippen LogP contribution is 2.28. The summed E-state index contributed by atoms with van der Waals surface area (Å²) in [5.74, 6) is 0.910. The number of hydrogen-bond donors (Lipinski definition) is 2. The van der Waals surface area contributed by atoms with Crippen molar-refractivity contribution in [1.82, 2.24) is 10.7 Å². The molecule has 0 aliphatic heterocycles. The number of rotatable bonds is 7. The number of thiocarbonyl (C=S) groups is 1. The first-order valence-corrected chi connectivity index (χ1v) is 8.15. The van der Waals surface area contributed by atoms with Crippen LogP contribution in [0.25, 0.3) is 0 Å². The van der Waals surface area contributed by atoms with Crippen LogP contribution in [0.2, 0.25) is 0 Å². The third kappa shape index (κ3) is 6.04. The molecule has 0 radical (unpaired) electrons. The summed E-state index contributed by atoms with van der Waals surface area (Å²) in [5.41, 5.74) is 4.42. The maximum Gasteiger partial charge on any atom is 0.186 e. The molecule has 0 heterocycles. The minimum atomic E-state index is -0.271. The summed E-state index contributed by atoms with van der Waals surface area (Å²) in [6.07, 6.45) is 1.63. The highest BCUT2D eigenvalue weighted by molar-refractivity contribution is 7.80. The molecule has 2 rings (SSSR count). The molecule has 132 valence electrons. The first-order chi connectivity index (χ1) is 12.1. The van der Waals surface area contributed by atoms with Gasteiger partial charge >= 0.3 is 0 Å². The molecule has 0 aromatic heterocycles. The van der Waals surface area contributed by atoms with Crippen LogP contribution in [0.4, 0.5) is 4.39 Å². The maximum atomic E-state index is 12.9. The van der Waals surface area contributed by atoms with Gasteiger partial charge in [0.2, 0.25) is 0 Å². The summed E-state index contributed by atoms with van der Waals surface area (Å²) in [7, 11) is 1.57. The van der Waals surface area contributed by atoms with Crippen LogP contribution in [0.3, 0.4) is 0 Å². The van der Waals surface area contributed by atoms with Gasteiger partial charge in [-0.15, -0.1) is 0 Å². The van der Waals surface area contributed by atoms with Crippen LogP contribution in [0.15, 0.2) is 47.6 Å². The fraction of sp³-hybridized carbons (Fsp3) is 0.222. The van der Waals surface area contributed by atoms with E-state index in [-0.39, 0.29) is 5.82 Å². The van der Waals surface area contributed by atoms with Crippen molar-refractivity contribution in [2.75, 3.05) is 13.7 Å². The van der Waals surface area contributed by atoms with Gasteiger partial charge in [0, 0.05) is 6.54 Å². The number of ether oxygens (including phenoxy) is 2. The fourth-order valence-electron chi connectivity index (χ4n) is 1.99. The van der Waals surface area contributed by atoms with E-state index in [2.05, 4.69) is 15.8 Å². The standard InChI is InChI=1S/C18H20FN3O2S/c1-3-20-18(25)22-21-11-14-6-9-16(17(10-14)23-2)24-12-13-4-7-15(19)8-5-13/h4-11H,3,12H2,1-2H3,(H2,20,22,25)/b21-11+. The van der Waals surface area contributed by atoms with Gasteiger partial charge in [0.15, 0.2) is 16.6 Å². The monoisotopic (exact) mass is 361 g/mol. The van der Waals surface area contributed by atoms with Crippen LogP contribution in [0.1, 0.15) is 18.1 Å². The van der Waals surface area contributed by atoms with E-state index in [4.69, 9.17) is 21.7 Å². The SMILES string of the molecule is CCNC(=S)N/N=C/c1ccc(OCc2ccc(F)cc2)c(OC)c1. The molecule has 0 aliphatic rings. The maximum absolute atomic E-state index is 12.9. The quantitative estimate of drug-likeness (QED) is 0.450. The summed E-state index contributed by atoms with van der Waals surface area (Å²) in [6, 6.07) is 11.6. The van der Waals surface area contributed by atoms with E-state index in [9.17, 15) is 4.39 Å². The van der Waals surface area contributed by atoms with Crippen LogP contribution in [-0.2, 0) is 6.61 Å². The zero-order chi connectivity index (χ0) is 18.1. The Hall–Kier alpha value is -2.67. The Balaban J connectivity index is 1.99. The number of nitrogens with zero attached hydrogens (tertiary/aromatic N) is 1. The van der Waals surface area contributed by atoms with Gasteiger partial charge in [-0.25, -0.2) is 4.39 Å². The van der Waals surface area contributed by atoms with E-state index in [1.165, 1.54) is 12.1 Å². The van der Waals surface area contributed by atoms with Crippen molar-refractivity contribution >= 4 is 23.5 Å². The van der Waals surface area contributed by atoms with Crippen molar-refractivity contribution in [3.8, 4) is 11.5 Å². The molecule has 0 unspecified atom stereocenters. The Kier molecular flexibility index (Phi) is 7.16. The van der Waals surface area contributed by atoms with Gasteiger partial charge < -0.3 is 14.8 Å². The zero-order valence-electron chi connectivity index (χ0n) is 14.1. The summed E-state index contributed by atoms with van der Waals surface area (Å²) in [6.45, 7) is 3.01. The molecule has 0 atom stereocenters. The topological polar surface area (TPSA) is 54.9 Å². The second kappa shape index (κ2) is 9.58. The average molecular weight is 361 g/mol. The van der Waals surface area contributed by atoms with E-state index in [0.717, 1.165) is 17.7 Å². The van der Waals surface area contributed by atoms with Gasteiger partial charge in [-0.05, 0) is 60.6 Å². The van der Waals surface area contributed by atoms with E-state index in [1.807, 2.05) is 19.1 Å².